The van der Waals surface area contributed by atoms with Gasteiger partial charge in [-0.2, -0.15) is 0 Å². The van der Waals surface area contributed by atoms with Crippen LogP contribution in [-0.4, -0.2) is 52.8 Å². The molecule has 0 aromatic rings. The number of carbonyl (C=O) groups is 2. The molecular weight excluding hydrogens is 300 g/mol. The zero-order chi connectivity index (χ0) is 18.1. The Balaban J connectivity index is 2.79. The summed E-state index contributed by atoms with van der Waals surface area (Å²) < 4.78 is 10.5. The molecule has 0 radical (unpaired) electrons. The van der Waals surface area contributed by atoms with Crippen LogP contribution in [0.4, 0.5) is 9.59 Å². The molecule has 132 valence electrons. The predicted molar refractivity (Wildman–Crippen MR) is 86.4 cm³/mol. The van der Waals surface area contributed by atoms with E-state index in [9.17, 15) is 9.59 Å². The number of amidine groups is 1. The molecule has 0 aromatic heterocycles. The van der Waals surface area contributed by atoms with E-state index in [1.165, 1.54) is 4.90 Å². The number of nitrogens with one attached hydrogen (secondary N) is 2. The maximum Gasteiger partial charge on any atom is 0.410 e. The Hall–Kier alpha value is -1.99. The SMILES string of the molecule is CC(C)(C)OC(=O)NC1(C(=N)N)CCN(C(=O)OC(C)(C)C)C1. The van der Waals surface area contributed by atoms with E-state index in [1.54, 1.807) is 41.5 Å². The molecule has 1 unspecified atom stereocenters. The molecule has 0 aliphatic carbocycles. The quantitative estimate of drug-likeness (QED) is 0.528. The minimum Gasteiger partial charge on any atom is -0.444 e. The van der Waals surface area contributed by atoms with Crippen molar-refractivity contribution in [2.75, 3.05) is 13.1 Å². The van der Waals surface area contributed by atoms with Crippen molar-refractivity contribution in [2.24, 2.45) is 5.73 Å². The van der Waals surface area contributed by atoms with Gasteiger partial charge in [0, 0.05) is 6.54 Å². The number of hydrogen-bond acceptors (Lipinski definition) is 5. The summed E-state index contributed by atoms with van der Waals surface area (Å²) in [4.78, 5) is 25.6. The fraction of sp³-hybridized carbons (Fsp3) is 0.800. The molecule has 8 nitrogen and oxygen atoms in total. The van der Waals surface area contributed by atoms with Crippen molar-refractivity contribution in [3.8, 4) is 0 Å². The van der Waals surface area contributed by atoms with Crippen LogP contribution in [0.25, 0.3) is 0 Å². The molecule has 0 saturated carbocycles. The highest BCUT2D eigenvalue weighted by Gasteiger charge is 2.45. The first kappa shape index (κ1) is 19.1. The second-order valence-electron chi connectivity index (χ2n) is 7.77. The highest BCUT2D eigenvalue weighted by molar-refractivity contribution is 5.92. The van der Waals surface area contributed by atoms with E-state index in [2.05, 4.69) is 5.32 Å². The monoisotopic (exact) mass is 328 g/mol. The van der Waals surface area contributed by atoms with Gasteiger partial charge in [0.1, 0.15) is 22.6 Å². The van der Waals surface area contributed by atoms with Gasteiger partial charge in [-0.05, 0) is 48.0 Å². The lowest BCUT2D eigenvalue weighted by Crippen LogP contribution is -2.59. The molecule has 1 heterocycles. The number of ether oxygens (including phenoxy) is 2. The first-order chi connectivity index (χ1) is 10.2. The lowest BCUT2D eigenvalue weighted by Gasteiger charge is -2.31. The van der Waals surface area contributed by atoms with Crippen LogP contribution in [-0.2, 0) is 9.47 Å². The van der Waals surface area contributed by atoms with Gasteiger partial charge in [-0.3, -0.25) is 5.41 Å². The number of hydrogen-bond donors (Lipinski definition) is 3. The van der Waals surface area contributed by atoms with E-state index in [0.717, 1.165) is 0 Å². The van der Waals surface area contributed by atoms with Gasteiger partial charge in [-0.25, -0.2) is 9.59 Å². The molecule has 1 atom stereocenters. The standard InChI is InChI=1S/C15H28N4O4/c1-13(2,3)22-11(20)18-15(10(16)17)7-8-19(9-15)12(21)23-14(4,5)6/h7-9H2,1-6H3,(H3,16,17)(H,18,20). The second kappa shape index (κ2) is 6.25. The summed E-state index contributed by atoms with van der Waals surface area (Å²) in [6.07, 6.45) is -0.828. The van der Waals surface area contributed by atoms with Gasteiger partial charge in [0.05, 0.1) is 6.54 Å². The van der Waals surface area contributed by atoms with Gasteiger partial charge >= 0.3 is 12.2 Å². The number of carbonyl (C=O) groups excluding carboxylic acids is 2. The molecule has 0 spiro atoms. The molecule has 1 fully saturated rings. The summed E-state index contributed by atoms with van der Waals surface area (Å²) >= 11 is 0. The summed E-state index contributed by atoms with van der Waals surface area (Å²) in [5.41, 5.74) is 3.27. The summed E-state index contributed by atoms with van der Waals surface area (Å²) in [6, 6.07) is 0. The third-order valence-electron chi connectivity index (χ3n) is 3.18. The molecule has 0 aromatic carbocycles. The molecule has 1 aliphatic rings. The fourth-order valence-electron chi connectivity index (χ4n) is 2.18. The van der Waals surface area contributed by atoms with Crippen molar-refractivity contribution in [3.05, 3.63) is 0 Å². The first-order valence-corrected chi connectivity index (χ1v) is 7.58. The molecule has 8 heteroatoms. The van der Waals surface area contributed by atoms with E-state index in [4.69, 9.17) is 20.6 Å². The molecule has 1 saturated heterocycles. The number of rotatable bonds is 2. The number of alkyl carbamates (subject to hydrolysis) is 1. The van der Waals surface area contributed by atoms with Crippen molar-refractivity contribution in [3.63, 3.8) is 0 Å². The van der Waals surface area contributed by atoms with E-state index in [-0.39, 0.29) is 12.4 Å². The Morgan fingerprint density at radius 2 is 1.65 bits per heavy atom. The Morgan fingerprint density at radius 1 is 1.13 bits per heavy atom. The van der Waals surface area contributed by atoms with Crippen molar-refractivity contribution in [1.29, 1.82) is 5.41 Å². The van der Waals surface area contributed by atoms with Crippen LogP contribution in [0.2, 0.25) is 0 Å². The Kier molecular flexibility index (Phi) is 5.18. The van der Waals surface area contributed by atoms with Crippen LogP contribution in [0.1, 0.15) is 48.0 Å². The van der Waals surface area contributed by atoms with E-state index in [1.807, 2.05) is 0 Å². The molecule has 23 heavy (non-hydrogen) atoms. The van der Waals surface area contributed by atoms with Gasteiger partial charge in [-0.1, -0.05) is 0 Å². The van der Waals surface area contributed by atoms with E-state index >= 15 is 0 Å². The van der Waals surface area contributed by atoms with Crippen LogP contribution in [0.3, 0.4) is 0 Å². The Morgan fingerprint density at radius 3 is 2.09 bits per heavy atom. The van der Waals surface area contributed by atoms with Crippen molar-refractivity contribution in [1.82, 2.24) is 10.2 Å². The minimum absolute atomic E-state index is 0.0799. The van der Waals surface area contributed by atoms with Gasteiger partial charge in [0.25, 0.3) is 0 Å². The molecule has 4 N–H and O–H groups in total. The maximum absolute atomic E-state index is 12.1. The third kappa shape index (κ3) is 5.61. The normalized spacial score (nSPS) is 21.7. The molecule has 2 amide bonds. The largest absolute Gasteiger partial charge is 0.444 e. The number of nitrogens with zero attached hydrogens (tertiary/aromatic N) is 1. The van der Waals surface area contributed by atoms with Crippen LogP contribution in [0.5, 0.6) is 0 Å². The minimum atomic E-state index is -1.13. The zero-order valence-corrected chi connectivity index (χ0v) is 14.8. The lowest BCUT2D eigenvalue weighted by atomic mass is 9.97. The fourth-order valence-corrected chi connectivity index (χ4v) is 2.18. The molecule has 1 rings (SSSR count). The molecular formula is C15H28N4O4. The highest BCUT2D eigenvalue weighted by atomic mass is 16.6. The summed E-state index contributed by atoms with van der Waals surface area (Å²) in [5, 5.41) is 10.4. The van der Waals surface area contributed by atoms with Gasteiger partial charge in [-0.15, -0.1) is 0 Å². The van der Waals surface area contributed by atoms with Crippen molar-refractivity contribution in [2.45, 2.75) is 64.7 Å². The maximum atomic E-state index is 12.1. The predicted octanol–water partition coefficient (Wildman–Crippen LogP) is 1.83. The van der Waals surface area contributed by atoms with E-state index in [0.29, 0.717) is 13.0 Å². The Labute approximate surface area is 137 Å². The average molecular weight is 328 g/mol. The Bertz CT molecular complexity index is 493. The van der Waals surface area contributed by atoms with Gasteiger partial charge in [0.2, 0.25) is 0 Å². The van der Waals surface area contributed by atoms with Crippen molar-refractivity contribution >= 4 is 18.0 Å². The summed E-state index contributed by atoms with van der Waals surface area (Å²) in [6.45, 7) is 11.0. The van der Waals surface area contributed by atoms with Crippen LogP contribution >= 0.6 is 0 Å². The smallest absolute Gasteiger partial charge is 0.410 e. The molecule has 0 bridgehead atoms. The average Bonchev–Trinajstić information content (AvgIpc) is 2.69. The van der Waals surface area contributed by atoms with Gasteiger partial charge < -0.3 is 25.4 Å². The number of amides is 2. The number of nitrogens with two attached hydrogens (primary N) is 1. The van der Waals surface area contributed by atoms with Crippen LogP contribution < -0.4 is 11.1 Å². The van der Waals surface area contributed by atoms with Crippen LogP contribution in [0.15, 0.2) is 0 Å². The summed E-state index contributed by atoms with van der Waals surface area (Å²) in [5.74, 6) is -0.214. The second-order valence-corrected chi connectivity index (χ2v) is 7.77. The van der Waals surface area contributed by atoms with Crippen molar-refractivity contribution < 1.29 is 19.1 Å². The highest BCUT2D eigenvalue weighted by Crippen LogP contribution is 2.24. The molecule has 1 aliphatic heterocycles. The third-order valence-corrected chi connectivity index (χ3v) is 3.18. The summed E-state index contributed by atoms with van der Waals surface area (Å²) in [7, 11) is 0. The zero-order valence-electron chi connectivity index (χ0n) is 14.8. The van der Waals surface area contributed by atoms with Gasteiger partial charge in [0.15, 0.2) is 0 Å². The first-order valence-electron chi connectivity index (χ1n) is 7.58. The topological polar surface area (TPSA) is 118 Å². The number of likely N-dealkylation sites (tertiary alicyclic amines) is 1. The lowest BCUT2D eigenvalue weighted by molar-refractivity contribution is 0.0275. The van der Waals surface area contributed by atoms with Crippen LogP contribution in [0, 0.1) is 5.41 Å². The van der Waals surface area contributed by atoms with E-state index < -0.39 is 28.9 Å².